The van der Waals surface area contributed by atoms with Gasteiger partial charge in [-0.05, 0) is 32.4 Å². The summed E-state index contributed by atoms with van der Waals surface area (Å²) in [6.07, 6.45) is 0. The Morgan fingerprint density at radius 1 is 1.23 bits per heavy atom. The van der Waals surface area contributed by atoms with Gasteiger partial charge >= 0.3 is 11.9 Å². The summed E-state index contributed by atoms with van der Waals surface area (Å²) in [7, 11) is 0. The van der Waals surface area contributed by atoms with Crippen molar-refractivity contribution in [3.63, 3.8) is 0 Å². The Hall–Kier alpha value is -1.95. The largest absolute Gasteiger partial charge is 0.481 e. The van der Waals surface area contributed by atoms with Crippen molar-refractivity contribution in [1.29, 1.82) is 0 Å². The summed E-state index contributed by atoms with van der Waals surface area (Å²) in [6, 6.07) is 7.07. The topological polar surface area (TPSA) is 87.0 Å². The molecule has 1 aromatic carbocycles. The van der Waals surface area contributed by atoms with E-state index in [-0.39, 0.29) is 5.57 Å². The fourth-order valence-corrected chi connectivity index (χ4v) is 3.38. The monoisotopic (exact) mass is 365 g/mol. The molecule has 6 heteroatoms. The van der Waals surface area contributed by atoms with Gasteiger partial charge in [0, 0.05) is 21.8 Å². The normalized spacial score (nSPS) is 24.9. The van der Waals surface area contributed by atoms with Gasteiger partial charge in [-0.25, -0.2) is 4.79 Å². The van der Waals surface area contributed by atoms with Gasteiger partial charge in [-0.2, -0.15) is 0 Å². The molecule has 0 amide bonds. The molecule has 0 fully saturated rings. The molecule has 0 bridgehead atoms. The summed E-state index contributed by atoms with van der Waals surface area (Å²) in [5.74, 6) is -3.07. The van der Waals surface area contributed by atoms with Crippen molar-refractivity contribution in [3.8, 4) is 0 Å². The van der Waals surface area contributed by atoms with Crippen molar-refractivity contribution in [3.05, 3.63) is 45.6 Å². The Morgan fingerprint density at radius 3 is 2.32 bits per heavy atom. The minimum absolute atomic E-state index is 0.0161. The number of benzene rings is 1. The molecule has 1 aliphatic rings. The van der Waals surface area contributed by atoms with Crippen molar-refractivity contribution in [1.82, 2.24) is 0 Å². The van der Waals surface area contributed by atoms with Gasteiger partial charge in [0.15, 0.2) is 0 Å². The molecule has 1 heterocycles. The van der Waals surface area contributed by atoms with Gasteiger partial charge in [0.05, 0.1) is 5.57 Å². The molecule has 22 heavy (non-hydrogen) atoms. The molecule has 1 aromatic rings. The van der Waals surface area contributed by atoms with Crippen LogP contribution < -0.4 is 0 Å². The van der Waals surface area contributed by atoms with Crippen molar-refractivity contribution in [2.45, 2.75) is 26.7 Å². The van der Waals surface area contributed by atoms with E-state index in [1.54, 1.807) is 38.1 Å². The molecule has 0 spiro atoms. The highest BCUT2D eigenvalue weighted by atomic mass is 79.9. The van der Waals surface area contributed by atoms with Crippen LogP contribution in [0.3, 0.4) is 0 Å². The summed E-state index contributed by atoms with van der Waals surface area (Å²) in [4.78, 5) is 27.9. The van der Waals surface area contributed by atoms with Crippen LogP contribution in [0.2, 0.25) is 0 Å². The zero-order valence-corrected chi connectivity index (χ0v) is 14.0. The van der Waals surface area contributed by atoms with E-state index in [1.165, 1.54) is 6.92 Å². The van der Waals surface area contributed by atoms with Crippen molar-refractivity contribution in [2.75, 3.05) is 0 Å². The Balaban J connectivity index is 2.83. The third kappa shape index (κ3) is 2.37. The molecule has 5 nitrogen and oxygen atoms in total. The summed E-state index contributed by atoms with van der Waals surface area (Å²) in [6.45, 7) is 4.74. The van der Waals surface area contributed by atoms with Crippen LogP contribution in [0.1, 0.15) is 32.3 Å². The number of rotatable bonds is 3. The van der Waals surface area contributed by atoms with Crippen molar-refractivity contribution >= 4 is 33.6 Å². The zero-order valence-electron chi connectivity index (χ0n) is 12.4. The van der Waals surface area contributed by atoms with Crippen LogP contribution in [0.25, 0.3) is 0 Å². The molecule has 1 aliphatic heterocycles. The maximum absolute atomic E-state index is 11.9. The van der Waals surface area contributed by atoms with Crippen molar-refractivity contribution < 1.29 is 19.8 Å². The van der Waals surface area contributed by atoms with Crippen molar-refractivity contribution in [2.24, 2.45) is 10.4 Å². The van der Waals surface area contributed by atoms with Gasteiger partial charge in [-0.15, -0.1) is 0 Å². The zero-order chi connectivity index (χ0) is 16.7. The lowest BCUT2D eigenvalue weighted by Crippen LogP contribution is -2.45. The van der Waals surface area contributed by atoms with Crippen LogP contribution in [0.5, 0.6) is 0 Å². The first-order chi connectivity index (χ1) is 10.2. The van der Waals surface area contributed by atoms with Gasteiger partial charge in [0.25, 0.3) is 0 Å². The molecule has 0 radical (unpaired) electrons. The summed E-state index contributed by atoms with van der Waals surface area (Å²) in [5.41, 5.74) is -0.0505. The number of aliphatic carboxylic acids is 2. The summed E-state index contributed by atoms with van der Waals surface area (Å²) in [5, 5.41) is 19.4. The molecule has 0 aromatic heterocycles. The molecular formula is C16H16BrNO4. The van der Waals surface area contributed by atoms with Crippen LogP contribution >= 0.6 is 15.9 Å². The van der Waals surface area contributed by atoms with E-state index in [0.29, 0.717) is 21.4 Å². The van der Waals surface area contributed by atoms with E-state index in [4.69, 9.17) is 0 Å². The standard InChI is InChI=1S/C16H16BrNO4/c1-8-12(14(19)20)13(10-6-4-5-7-11(10)17)16(3,15(21)22)9(2)18-8/h4-7,13H,1-3H3,(H,19,20)(H,21,22). The van der Waals surface area contributed by atoms with E-state index < -0.39 is 23.3 Å². The number of halogens is 1. The fraction of sp³-hybridized carbons (Fsp3) is 0.312. The third-order valence-corrected chi connectivity index (χ3v) is 4.96. The summed E-state index contributed by atoms with van der Waals surface area (Å²) >= 11 is 3.40. The lowest BCUT2D eigenvalue weighted by Gasteiger charge is -2.38. The molecule has 2 unspecified atom stereocenters. The van der Waals surface area contributed by atoms with Crippen LogP contribution in [0.15, 0.2) is 45.0 Å². The van der Waals surface area contributed by atoms with E-state index in [1.807, 2.05) is 0 Å². The summed E-state index contributed by atoms with van der Waals surface area (Å²) < 4.78 is 0.675. The van der Waals surface area contributed by atoms with Crippen LogP contribution in [-0.2, 0) is 9.59 Å². The Kier molecular flexibility index (Phi) is 4.24. The number of aliphatic imine (C=N–C) groups is 1. The average Bonchev–Trinajstić information content (AvgIpc) is 2.42. The molecule has 0 saturated carbocycles. The second-order valence-corrected chi connectivity index (χ2v) is 6.32. The number of hydrogen-bond acceptors (Lipinski definition) is 3. The van der Waals surface area contributed by atoms with Gasteiger partial charge in [-0.1, -0.05) is 34.1 Å². The first-order valence-electron chi connectivity index (χ1n) is 6.69. The molecule has 0 aliphatic carbocycles. The second kappa shape index (κ2) is 5.68. The highest BCUT2D eigenvalue weighted by molar-refractivity contribution is 9.10. The first kappa shape index (κ1) is 16.4. The van der Waals surface area contributed by atoms with E-state index in [9.17, 15) is 19.8 Å². The van der Waals surface area contributed by atoms with Crippen LogP contribution in [0, 0.1) is 5.41 Å². The molecule has 2 rings (SSSR count). The molecule has 0 saturated heterocycles. The molecule has 2 N–H and O–H groups in total. The smallest absolute Gasteiger partial charge is 0.334 e. The van der Waals surface area contributed by atoms with Crippen LogP contribution in [-0.4, -0.2) is 27.9 Å². The lowest BCUT2D eigenvalue weighted by molar-refractivity contribution is -0.145. The van der Waals surface area contributed by atoms with E-state index in [2.05, 4.69) is 20.9 Å². The van der Waals surface area contributed by atoms with E-state index >= 15 is 0 Å². The minimum atomic E-state index is -1.42. The average molecular weight is 366 g/mol. The second-order valence-electron chi connectivity index (χ2n) is 5.46. The number of carbonyl (C=O) groups is 2. The van der Waals surface area contributed by atoms with E-state index in [0.717, 1.165) is 0 Å². The Labute approximate surface area is 136 Å². The first-order valence-corrected chi connectivity index (χ1v) is 7.48. The highest BCUT2D eigenvalue weighted by Gasteiger charge is 2.51. The fourth-order valence-electron chi connectivity index (χ4n) is 2.87. The number of allylic oxidation sites excluding steroid dienone is 1. The number of nitrogens with zero attached hydrogens (tertiary/aromatic N) is 1. The third-order valence-electron chi connectivity index (χ3n) is 4.23. The number of carboxylic acids is 2. The molecule has 116 valence electrons. The van der Waals surface area contributed by atoms with Gasteiger partial charge in [-0.3, -0.25) is 9.79 Å². The van der Waals surface area contributed by atoms with Gasteiger partial charge in [0.1, 0.15) is 5.41 Å². The van der Waals surface area contributed by atoms with Gasteiger partial charge < -0.3 is 10.2 Å². The SMILES string of the molecule is CC1=NC(C)=C(C(=O)O)C(c2ccccc2Br)C1(C)C(=O)O. The maximum Gasteiger partial charge on any atom is 0.334 e. The lowest BCUT2D eigenvalue weighted by atomic mass is 9.65. The van der Waals surface area contributed by atoms with Gasteiger partial charge in [0.2, 0.25) is 0 Å². The Bertz CT molecular complexity index is 723. The predicted molar refractivity (Wildman–Crippen MR) is 86.1 cm³/mol. The Morgan fingerprint density at radius 2 is 1.82 bits per heavy atom. The maximum atomic E-state index is 11.9. The number of hydrogen-bond donors (Lipinski definition) is 2. The molecule has 2 atom stereocenters. The highest BCUT2D eigenvalue weighted by Crippen LogP contribution is 2.48. The molecular weight excluding hydrogens is 350 g/mol. The predicted octanol–water partition coefficient (Wildman–Crippen LogP) is 3.46. The number of carboxylic acid groups (broad SMARTS) is 2. The minimum Gasteiger partial charge on any atom is -0.481 e. The quantitative estimate of drug-likeness (QED) is 0.858. The van der Waals surface area contributed by atoms with Crippen LogP contribution in [0.4, 0.5) is 0 Å².